The molecule has 114 valence electrons. The van der Waals surface area contributed by atoms with Crippen molar-refractivity contribution in [3.8, 4) is 5.75 Å². The van der Waals surface area contributed by atoms with Gasteiger partial charge in [0.25, 0.3) is 0 Å². The smallest absolute Gasteiger partial charge is 0.224 e. The molecule has 0 spiro atoms. The maximum absolute atomic E-state index is 11.8. The highest BCUT2D eigenvalue weighted by Gasteiger charge is 2.18. The van der Waals surface area contributed by atoms with Crippen LogP contribution < -0.4 is 15.8 Å². The minimum atomic E-state index is -0.193. The van der Waals surface area contributed by atoms with Crippen LogP contribution in [0.3, 0.4) is 0 Å². The van der Waals surface area contributed by atoms with Crippen LogP contribution in [0.25, 0.3) is 0 Å². The van der Waals surface area contributed by atoms with Crippen LogP contribution in [0.5, 0.6) is 5.75 Å². The second kappa shape index (κ2) is 8.82. The third-order valence-corrected chi connectivity index (χ3v) is 3.08. The van der Waals surface area contributed by atoms with E-state index in [4.69, 9.17) is 10.5 Å². The van der Waals surface area contributed by atoms with Crippen molar-refractivity contribution >= 4 is 18.3 Å². The molecule has 5 heteroatoms. The molecule has 4 nitrogen and oxygen atoms in total. The lowest BCUT2D eigenvalue weighted by Gasteiger charge is -2.20. The summed E-state index contributed by atoms with van der Waals surface area (Å²) in [6.07, 6.45) is 0. The molecule has 0 aliphatic carbocycles. The van der Waals surface area contributed by atoms with E-state index < -0.39 is 0 Å². The first-order valence-corrected chi connectivity index (χ1v) is 6.65. The quantitative estimate of drug-likeness (QED) is 0.847. The predicted octanol–water partition coefficient (Wildman–Crippen LogP) is 2.28. The van der Waals surface area contributed by atoms with Crippen LogP contribution in [-0.2, 0) is 4.79 Å². The highest BCUT2D eigenvalue weighted by molar-refractivity contribution is 5.85. The summed E-state index contributed by atoms with van der Waals surface area (Å²) in [5.74, 6) is 0.595. The fourth-order valence-corrected chi connectivity index (χ4v) is 1.58. The van der Waals surface area contributed by atoms with Gasteiger partial charge in [-0.15, -0.1) is 12.4 Å². The number of benzene rings is 1. The van der Waals surface area contributed by atoms with E-state index in [1.165, 1.54) is 0 Å². The monoisotopic (exact) mass is 300 g/mol. The summed E-state index contributed by atoms with van der Waals surface area (Å²) in [5, 5.41) is 2.90. The molecule has 20 heavy (non-hydrogen) atoms. The summed E-state index contributed by atoms with van der Waals surface area (Å²) < 4.78 is 5.64. The molecule has 0 heterocycles. The van der Waals surface area contributed by atoms with Gasteiger partial charge in [-0.25, -0.2) is 0 Å². The maximum atomic E-state index is 11.8. The van der Waals surface area contributed by atoms with E-state index in [9.17, 15) is 4.79 Å². The van der Waals surface area contributed by atoms with E-state index in [-0.39, 0.29) is 36.3 Å². The van der Waals surface area contributed by atoms with Gasteiger partial charge in [-0.3, -0.25) is 4.79 Å². The number of aryl methyl sites for hydroxylation is 1. The Balaban J connectivity index is 0.00000361. The van der Waals surface area contributed by atoms with Gasteiger partial charge in [-0.1, -0.05) is 19.1 Å². The van der Waals surface area contributed by atoms with E-state index in [0.29, 0.717) is 6.61 Å². The number of halogens is 1. The first kappa shape index (κ1) is 18.7. The van der Waals surface area contributed by atoms with Crippen LogP contribution in [0.4, 0.5) is 0 Å². The molecule has 0 saturated carbocycles. The number of ether oxygens (including phenoxy) is 1. The number of nitrogens with two attached hydrogens (primary N) is 1. The lowest BCUT2D eigenvalue weighted by molar-refractivity contribution is -0.125. The van der Waals surface area contributed by atoms with Gasteiger partial charge in [0, 0.05) is 12.0 Å². The highest BCUT2D eigenvalue weighted by atomic mass is 35.5. The molecule has 0 radical (unpaired) electrons. The summed E-state index contributed by atoms with van der Waals surface area (Å²) in [6, 6.07) is 7.65. The lowest BCUT2D eigenvalue weighted by Crippen LogP contribution is -2.44. The molecule has 3 N–H and O–H groups in total. The zero-order valence-corrected chi connectivity index (χ0v) is 13.4. The molecule has 1 rings (SSSR count). The normalized spacial score (nSPS) is 14.7. The topological polar surface area (TPSA) is 64.3 Å². The average molecular weight is 301 g/mol. The third-order valence-electron chi connectivity index (χ3n) is 3.08. The van der Waals surface area contributed by atoms with E-state index in [2.05, 4.69) is 5.32 Å². The molecule has 0 bridgehead atoms. The number of amides is 1. The van der Waals surface area contributed by atoms with Crippen LogP contribution in [0.15, 0.2) is 24.3 Å². The molecule has 0 aliphatic rings. The van der Waals surface area contributed by atoms with Gasteiger partial charge in [0.1, 0.15) is 12.4 Å². The molecular weight excluding hydrogens is 276 g/mol. The molecule has 1 amide bonds. The van der Waals surface area contributed by atoms with Gasteiger partial charge in [0.05, 0.1) is 6.04 Å². The molecule has 0 aliphatic heterocycles. The molecule has 0 fully saturated rings. The Kier molecular flexibility index (Phi) is 8.26. The summed E-state index contributed by atoms with van der Waals surface area (Å²) >= 11 is 0. The zero-order chi connectivity index (χ0) is 14.4. The lowest BCUT2D eigenvalue weighted by atomic mass is 10.0. The largest absolute Gasteiger partial charge is 0.491 e. The van der Waals surface area contributed by atoms with Gasteiger partial charge in [-0.2, -0.15) is 0 Å². The Morgan fingerprint density at radius 2 is 2.00 bits per heavy atom. The third kappa shape index (κ3) is 6.26. The summed E-state index contributed by atoms with van der Waals surface area (Å²) in [5.41, 5.74) is 6.85. The van der Waals surface area contributed by atoms with E-state index in [1.807, 2.05) is 52.0 Å². The highest BCUT2D eigenvalue weighted by Crippen LogP contribution is 2.12. The average Bonchev–Trinajstić information content (AvgIpc) is 2.35. The SMILES string of the molecule is Cc1cccc(OCC(C)NC(=O)C(C)C(C)N)c1.Cl. The van der Waals surface area contributed by atoms with Crippen molar-refractivity contribution in [2.75, 3.05) is 6.61 Å². The summed E-state index contributed by atoms with van der Waals surface area (Å²) in [7, 11) is 0. The van der Waals surface area contributed by atoms with Crippen molar-refractivity contribution in [3.63, 3.8) is 0 Å². The Hall–Kier alpha value is -1.26. The minimum Gasteiger partial charge on any atom is -0.491 e. The van der Waals surface area contributed by atoms with Gasteiger partial charge >= 0.3 is 0 Å². The summed E-state index contributed by atoms with van der Waals surface area (Å²) in [6.45, 7) is 8.04. The van der Waals surface area contributed by atoms with Gasteiger partial charge in [0.2, 0.25) is 5.91 Å². The van der Waals surface area contributed by atoms with Crippen LogP contribution in [0.2, 0.25) is 0 Å². The van der Waals surface area contributed by atoms with Crippen molar-refractivity contribution in [3.05, 3.63) is 29.8 Å². The van der Waals surface area contributed by atoms with Crippen molar-refractivity contribution in [1.82, 2.24) is 5.32 Å². The predicted molar refractivity (Wildman–Crippen MR) is 84.3 cm³/mol. The molecular formula is C15H25ClN2O2. The Morgan fingerprint density at radius 1 is 1.35 bits per heavy atom. The first-order valence-electron chi connectivity index (χ1n) is 6.65. The van der Waals surface area contributed by atoms with Crippen LogP contribution >= 0.6 is 12.4 Å². The fraction of sp³-hybridized carbons (Fsp3) is 0.533. The van der Waals surface area contributed by atoms with Crippen LogP contribution in [-0.4, -0.2) is 24.6 Å². The minimum absolute atomic E-state index is 0. The molecule has 0 saturated heterocycles. The Morgan fingerprint density at radius 3 is 2.55 bits per heavy atom. The maximum Gasteiger partial charge on any atom is 0.224 e. The van der Waals surface area contributed by atoms with Crippen LogP contribution in [0, 0.1) is 12.8 Å². The molecule has 3 unspecified atom stereocenters. The van der Waals surface area contributed by atoms with Crippen molar-refractivity contribution in [1.29, 1.82) is 0 Å². The number of carbonyl (C=O) groups excluding carboxylic acids is 1. The van der Waals surface area contributed by atoms with Gasteiger partial charge in [0.15, 0.2) is 0 Å². The first-order chi connectivity index (χ1) is 8.90. The number of nitrogens with one attached hydrogen (secondary N) is 1. The van der Waals surface area contributed by atoms with E-state index in [0.717, 1.165) is 11.3 Å². The zero-order valence-electron chi connectivity index (χ0n) is 12.6. The van der Waals surface area contributed by atoms with Gasteiger partial charge in [-0.05, 0) is 38.5 Å². The Bertz CT molecular complexity index is 424. The second-order valence-corrected chi connectivity index (χ2v) is 5.18. The van der Waals surface area contributed by atoms with Crippen molar-refractivity contribution < 1.29 is 9.53 Å². The standard InChI is InChI=1S/C15H24N2O2.ClH/c1-10-6-5-7-14(8-10)19-9-11(2)17-15(18)12(3)13(4)16;/h5-8,11-13H,9,16H2,1-4H3,(H,17,18);1H. The fourth-order valence-electron chi connectivity index (χ4n) is 1.58. The number of hydrogen-bond donors (Lipinski definition) is 2. The molecule has 1 aromatic rings. The van der Waals surface area contributed by atoms with Gasteiger partial charge < -0.3 is 15.8 Å². The number of rotatable bonds is 6. The van der Waals surface area contributed by atoms with Crippen molar-refractivity contribution in [2.45, 2.75) is 39.8 Å². The number of hydrogen-bond acceptors (Lipinski definition) is 3. The van der Waals surface area contributed by atoms with Crippen LogP contribution in [0.1, 0.15) is 26.3 Å². The molecule has 0 aromatic heterocycles. The van der Waals surface area contributed by atoms with Crippen molar-refractivity contribution in [2.24, 2.45) is 11.7 Å². The van der Waals surface area contributed by atoms with E-state index >= 15 is 0 Å². The summed E-state index contributed by atoms with van der Waals surface area (Å²) in [4.78, 5) is 11.8. The number of carbonyl (C=O) groups is 1. The molecule has 1 aromatic carbocycles. The second-order valence-electron chi connectivity index (χ2n) is 5.18. The van der Waals surface area contributed by atoms with E-state index in [1.54, 1.807) is 0 Å². The molecule has 3 atom stereocenters. The Labute approximate surface area is 127 Å².